The van der Waals surface area contributed by atoms with E-state index in [2.05, 4.69) is 5.32 Å². The first-order valence-corrected chi connectivity index (χ1v) is 13.1. The second kappa shape index (κ2) is 10.6. The molecule has 8 heteroatoms. The quantitative estimate of drug-likeness (QED) is 0.293. The number of nitrogens with one attached hydrogen (secondary N) is 1. The Bertz CT molecular complexity index is 1230. The molecular weight excluding hydrogens is 492 g/mol. The Morgan fingerprint density at radius 1 is 0.944 bits per heavy atom. The number of ether oxygens (including phenoxy) is 1. The zero-order valence-corrected chi connectivity index (χ0v) is 20.9. The highest BCUT2D eigenvalue weighted by Gasteiger charge is 2.57. The second-order valence-electron chi connectivity index (χ2n) is 8.66. The molecule has 0 aromatic heterocycles. The second-order valence-corrected chi connectivity index (χ2v) is 10.3. The van der Waals surface area contributed by atoms with Crippen molar-refractivity contribution in [2.24, 2.45) is 0 Å². The summed E-state index contributed by atoms with van der Waals surface area (Å²) in [5.74, 6) is -0.699. The van der Waals surface area contributed by atoms with Crippen LogP contribution in [0, 0.1) is 0 Å². The van der Waals surface area contributed by atoms with Gasteiger partial charge in [0.05, 0.1) is 6.42 Å². The van der Waals surface area contributed by atoms with Gasteiger partial charge in [0.1, 0.15) is 11.4 Å². The van der Waals surface area contributed by atoms with Gasteiger partial charge in [-0.3, -0.25) is 9.59 Å². The molecule has 0 radical (unpaired) electrons. The molecule has 3 atom stereocenters. The highest BCUT2D eigenvalue weighted by atomic mass is 32.2. The van der Waals surface area contributed by atoms with E-state index in [1.165, 1.54) is 16.7 Å². The number of hydrogen-bond acceptors (Lipinski definition) is 6. The van der Waals surface area contributed by atoms with Crippen molar-refractivity contribution >= 4 is 46.6 Å². The summed E-state index contributed by atoms with van der Waals surface area (Å²) in [7, 11) is 0. The fourth-order valence-corrected chi connectivity index (χ4v) is 6.16. The van der Waals surface area contributed by atoms with Gasteiger partial charge >= 0.3 is 5.97 Å². The number of carbonyl (C=O) groups excluding carboxylic acids is 3. The number of fused-ring (bicyclic) bond motifs is 1. The maximum Gasteiger partial charge on any atom is 0.335 e. The Morgan fingerprint density at radius 3 is 2.08 bits per heavy atom. The average molecular weight is 517 g/mol. The largest absolute Gasteiger partial charge is 0.451 e. The third-order valence-corrected chi connectivity index (χ3v) is 8.11. The number of hydrogen-bond donors (Lipinski definition) is 1. The summed E-state index contributed by atoms with van der Waals surface area (Å²) < 4.78 is 6.01. The third kappa shape index (κ3) is 4.92. The van der Waals surface area contributed by atoms with Crippen LogP contribution < -0.4 is 5.32 Å². The number of amides is 2. The summed E-state index contributed by atoms with van der Waals surface area (Å²) in [5, 5.41) is 2.47. The lowest BCUT2D eigenvalue weighted by Crippen LogP contribution is -2.76. The van der Waals surface area contributed by atoms with Crippen molar-refractivity contribution in [2.75, 3.05) is 5.75 Å². The summed E-state index contributed by atoms with van der Waals surface area (Å²) in [6.07, 6.45) is -0.449. The summed E-state index contributed by atoms with van der Waals surface area (Å²) >= 11 is 6.97. The molecule has 2 saturated heterocycles. The van der Waals surface area contributed by atoms with Crippen LogP contribution in [-0.2, 0) is 25.5 Å². The van der Waals surface area contributed by atoms with Crippen LogP contribution in [0.15, 0.2) is 91.0 Å². The molecule has 2 aliphatic rings. The summed E-state index contributed by atoms with van der Waals surface area (Å²) in [6.45, 7) is 0. The van der Waals surface area contributed by atoms with E-state index in [9.17, 15) is 14.4 Å². The molecule has 0 aliphatic carbocycles. The number of esters is 1. The molecule has 6 nitrogen and oxygen atoms in total. The zero-order chi connectivity index (χ0) is 25.1. The van der Waals surface area contributed by atoms with Gasteiger partial charge < -0.3 is 15.0 Å². The monoisotopic (exact) mass is 516 g/mol. The van der Waals surface area contributed by atoms with Gasteiger partial charge in [0.15, 0.2) is 12.1 Å². The number of nitrogens with zero attached hydrogens (tertiary/aromatic N) is 1. The van der Waals surface area contributed by atoms with Crippen molar-refractivity contribution < 1.29 is 19.1 Å². The minimum atomic E-state index is -0.962. The van der Waals surface area contributed by atoms with E-state index in [1.807, 2.05) is 91.0 Å². The number of carbonyl (C=O) groups is 3. The fraction of sp³-hybridized carbons (Fsp3) is 0.214. The van der Waals surface area contributed by atoms with Gasteiger partial charge in [-0.2, -0.15) is 0 Å². The van der Waals surface area contributed by atoms with Crippen LogP contribution in [0.5, 0.6) is 0 Å². The van der Waals surface area contributed by atoms with E-state index in [1.54, 1.807) is 0 Å². The highest BCUT2D eigenvalue weighted by molar-refractivity contribution is 8.02. The average Bonchev–Trinajstić information content (AvgIpc) is 2.91. The van der Waals surface area contributed by atoms with Crippen LogP contribution in [0.25, 0.3) is 0 Å². The van der Waals surface area contributed by atoms with E-state index >= 15 is 0 Å². The highest BCUT2D eigenvalue weighted by Crippen LogP contribution is 2.38. The molecular formula is C28H24N2O4S2. The van der Waals surface area contributed by atoms with E-state index in [0.717, 1.165) is 16.7 Å². The first kappa shape index (κ1) is 24.2. The van der Waals surface area contributed by atoms with E-state index in [4.69, 9.17) is 17.0 Å². The molecule has 5 rings (SSSR count). The number of benzene rings is 3. The van der Waals surface area contributed by atoms with Crippen molar-refractivity contribution in [3.05, 3.63) is 108 Å². The molecule has 3 aromatic rings. The topological polar surface area (TPSA) is 75.7 Å². The minimum absolute atomic E-state index is 0.182. The molecule has 2 heterocycles. The Labute approximate surface area is 219 Å². The third-order valence-electron chi connectivity index (χ3n) is 6.25. The Hall–Kier alpha value is -3.49. The van der Waals surface area contributed by atoms with Crippen LogP contribution >= 0.6 is 24.0 Å². The molecule has 1 unspecified atom stereocenters. The van der Waals surface area contributed by atoms with Gasteiger partial charge in [-0.1, -0.05) is 103 Å². The van der Waals surface area contributed by atoms with Gasteiger partial charge in [0.2, 0.25) is 11.8 Å². The maximum absolute atomic E-state index is 13.5. The van der Waals surface area contributed by atoms with E-state index in [0.29, 0.717) is 10.6 Å². The predicted molar refractivity (Wildman–Crippen MR) is 142 cm³/mol. The van der Waals surface area contributed by atoms with Gasteiger partial charge in [0, 0.05) is 10.6 Å². The summed E-state index contributed by atoms with van der Waals surface area (Å²) in [5.41, 5.74) is 2.52. The van der Waals surface area contributed by atoms with Gasteiger partial charge in [-0.05, 0) is 16.7 Å². The zero-order valence-electron chi connectivity index (χ0n) is 19.3. The van der Waals surface area contributed by atoms with Crippen molar-refractivity contribution in [1.29, 1.82) is 0 Å². The molecule has 182 valence electrons. The van der Waals surface area contributed by atoms with Crippen molar-refractivity contribution in [1.82, 2.24) is 10.2 Å². The van der Waals surface area contributed by atoms with E-state index in [-0.39, 0.29) is 23.6 Å². The lowest BCUT2D eigenvalue weighted by Gasteiger charge is -2.52. The maximum atomic E-state index is 13.5. The van der Waals surface area contributed by atoms with Crippen LogP contribution in [0.1, 0.15) is 22.8 Å². The van der Waals surface area contributed by atoms with Crippen LogP contribution in [0.2, 0.25) is 0 Å². The molecule has 2 aliphatic heterocycles. The molecule has 3 aromatic carbocycles. The number of thiocarbonyl (C=S) groups is 1. The summed E-state index contributed by atoms with van der Waals surface area (Å²) in [4.78, 5) is 41.0. The lowest BCUT2D eigenvalue weighted by atomic mass is 9.99. The Kier molecular flexibility index (Phi) is 7.16. The molecule has 36 heavy (non-hydrogen) atoms. The molecule has 2 amide bonds. The number of β-lactam (4-membered cyclic amide) rings is 1. The predicted octanol–water partition coefficient (Wildman–Crippen LogP) is 3.70. The molecule has 1 N–H and O–H groups in total. The van der Waals surface area contributed by atoms with Crippen LogP contribution in [0.3, 0.4) is 0 Å². The van der Waals surface area contributed by atoms with Crippen molar-refractivity contribution in [3.8, 4) is 0 Å². The van der Waals surface area contributed by atoms with Gasteiger partial charge in [-0.15, -0.1) is 11.8 Å². The van der Waals surface area contributed by atoms with Crippen LogP contribution in [-0.4, -0.2) is 50.8 Å². The molecule has 2 fully saturated rings. The SMILES string of the molecule is O=C(Cc1ccccc1)N[C@@H]1C(=O)N2C(C(=O)OC(c3ccccc3)c3ccccc3)C(=S)CS[C@@H]12. The molecule has 0 bridgehead atoms. The molecule has 0 spiro atoms. The normalized spacial score (nSPS) is 20.9. The van der Waals surface area contributed by atoms with Gasteiger partial charge in [0.25, 0.3) is 0 Å². The van der Waals surface area contributed by atoms with Gasteiger partial charge in [-0.25, -0.2) is 4.79 Å². The standard InChI is InChI=1S/C28H24N2O4S2/c31-22(16-18-10-4-1-5-11-18)29-23-26(32)30-24(21(35)17-36-27(23)30)28(33)34-25(19-12-6-2-7-13-19)20-14-8-3-9-15-20/h1-15,23-25,27H,16-17H2,(H,29,31)/t23-,24?,27+/m1/s1. The number of rotatable bonds is 7. The van der Waals surface area contributed by atoms with Crippen LogP contribution in [0.4, 0.5) is 0 Å². The fourth-order valence-electron chi connectivity index (χ4n) is 4.49. The summed E-state index contributed by atoms with van der Waals surface area (Å²) in [6, 6.07) is 26.6. The smallest absolute Gasteiger partial charge is 0.335 e. The lowest BCUT2D eigenvalue weighted by molar-refractivity contribution is -0.163. The number of thioether (sulfide) groups is 1. The van der Waals surface area contributed by atoms with Crippen molar-refractivity contribution in [3.63, 3.8) is 0 Å². The van der Waals surface area contributed by atoms with Crippen molar-refractivity contribution in [2.45, 2.75) is 30.0 Å². The Morgan fingerprint density at radius 2 is 1.50 bits per heavy atom. The van der Waals surface area contributed by atoms with E-state index < -0.39 is 24.2 Å². The Balaban J connectivity index is 1.30. The first-order chi connectivity index (χ1) is 17.5. The minimum Gasteiger partial charge on any atom is -0.451 e. The molecule has 0 saturated carbocycles. The first-order valence-electron chi connectivity index (χ1n) is 11.6.